The highest BCUT2D eigenvalue weighted by atomic mass is 127. The van der Waals surface area contributed by atoms with Gasteiger partial charge in [-0.2, -0.15) is 0 Å². The molecule has 0 saturated carbocycles. The molecule has 1 aliphatic heterocycles. The molecule has 7 nitrogen and oxygen atoms in total. The molecule has 1 heterocycles. The minimum atomic E-state index is -0.812. The average Bonchev–Trinajstić information content (AvgIpc) is 2.87. The zero-order valence-electron chi connectivity index (χ0n) is 12.4. The van der Waals surface area contributed by atoms with Gasteiger partial charge in [0.05, 0.1) is 4.91 Å². The van der Waals surface area contributed by atoms with Crippen LogP contribution < -0.4 is 16.0 Å². The van der Waals surface area contributed by atoms with Crippen LogP contribution >= 0.6 is 34.4 Å². The summed E-state index contributed by atoms with van der Waals surface area (Å²) in [6.07, 6.45) is 1.18. The minimum absolute atomic E-state index is 0.141. The monoisotopic (exact) mass is 459 g/mol. The second-order valence-corrected chi connectivity index (χ2v) is 6.85. The second-order valence-electron chi connectivity index (χ2n) is 4.81. The molecule has 0 radical (unpaired) electrons. The molecule has 0 saturated heterocycles. The highest BCUT2D eigenvalue weighted by Crippen LogP contribution is 2.20. The first kappa shape index (κ1) is 18.5. The Kier molecular flexibility index (Phi) is 6.79. The maximum Gasteiger partial charge on any atom is 0.281 e. The summed E-state index contributed by atoms with van der Waals surface area (Å²) in [5.74, 6) is -1.19. The van der Waals surface area contributed by atoms with Crippen LogP contribution in [0.3, 0.4) is 0 Å². The van der Waals surface area contributed by atoms with Crippen molar-refractivity contribution >= 4 is 56.0 Å². The van der Waals surface area contributed by atoms with Crippen LogP contribution in [-0.2, 0) is 20.9 Å². The third-order valence-corrected chi connectivity index (χ3v) is 4.47. The third kappa shape index (κ3) is 5.64. The Balaban J connectivity index is 1.93. The molecule has 24 heavy (non-hydrogen) atoms. The van der Waals surface area contributed by atoms with Gasteiger partial charge in [-0.05, 0) is 5.56 Å². The molecule has 3 N–H and O–H groups in total. The molecule has 1 aliphatic rings. The van der Waals surface area contributed by atoms with Gasteiger partial charge in [-0.1, -0.05) is 30.3 Å². The number of rotatable bonds is 7. The largest absolute Gasteiger partial charge is 0.350 e. The number of halogens is 1. The molecule has 4 amide bonds. The number of benzene rings is 1. The maximum atomic E-state index is 12.3. The van der Waals surface area contributed by atoms with Crippen LogP contribution in [0, 0.1) is 0 Å². The van der Waals surface area contributed by atoms with Gasteiger partial charge in [-0.3, -0.25) is 24.5 Å². The Morgan fingerprint density at radius 2 is 1.92 bits per heavy atom. The molecule has 0 fully saturated rings. The zero-order valence-corrected chi connectivity index (χ0v) is 15.3. The lowest BCUT2D eigenvalue weighted by atomic mass is 10.2. The van der Waals surface area contributed by atoms with Crippen molar-refractivity contribution < 1.29 is 19.2 Å². The Hall–Kier alpha value is -1.88. The molecule has 0 aliphatic carbocycles. The van der Waals surface area contributed by atoms with Gasteiger partial charge in [-0.25, -0.2) is 0 Å². The lowest BCUT2D eigenvalue weighted by molar-refractivity contribution is -0.124. The van der Waals surface area contributed by atoms with Crippen molar-refractivity contribution in [3.8, 4) is 0 Å². The third-order valence-electron chi connectivity index (χ3n) is 3.04. The van der Waals surface area contributed by atoms with Gasteiger partial charge in [0.1, 0.15) is 6.04 Å². The van der Waals surface area contributed by atoms with Crippen molar-refractivity contribution in [2.75, 3.05) is 5.75 Å². The van der Waals surface area contributed by atoms with Gasteiger partial charge in [0.15, 0.2) is 0 Å². The van der Waals surface area contributed by atoms with Crippen LogP contribution in [0.25, 0.3) is 0 Å². The van der Waals surface area contributed by atoms with Crippen molar-refractivity contribution in [3.05, 3.63) is 46.9 Å². The fraction of sp³-hybridized carbons (Fsp3) is 0.200. The molecule has 126 valence electrons. The van der Waals surface area contributed by atoms with Crippen molar-refractivity contribution in [1.29, 1.82) is 0 Å². The Labute approximate surface area is 156 Å². The Morgan fingerprint density at radius 3 is 2.50 bits per heavy atom. The van der Waals surface area contributed by atoms with Crippen LogP contribution in [0.2, 0.25) is 0 Å². The summed E-state index contributed by atoms with van der Waals surface area (Å²) in [7, 11) is 0. The van der Waals surface area contributed by atoms with Gasteiger partial charge in [0.2, 0.25) is 5.91 Å². The van der Waals surface area contributed by atoms with Gasteiger partial charge in [0.25, 0.3) is 15.7 Å². The van der Waals surface area contributed by atoms with Crippen molar-refractivity contribution in [3.63, 3.8) is 0 Å². The lowest BCUT2D eigenvalue weighted by Gasteiger charge is -2.16. The normalized spacial score (nSPS) is 14.6. The van der Waals surface area contributed by atoms with E-state index in [0.29, 0.717) is 6.54 Å². The van der Waals surface area contributed by atoms with Crippen LogP contribution in [0.5, 0.6) is 0 Å². The molecular formula is C15H14IN3O4S. The van der Waals surface area contributed by atoms with E-state index in [9.17, 15) is 19.2 Å². The summed E-state index contributed by atoms with van der Waals surface area (Å²) in [4.78, 5) is 46.4. The highest BCUT2D eigenvalue weighted by Gasteiger charge is 2.25. The first-order valence-electron chi connectivity index (χ1n) is 6.93. The highest BCUT2D eigenvalue weighted by molar-refractivity contribution is 14.1. The lowest BCUT2D eigenvalue weighted by Crippen LogP contribution is -2.46. The van der Waals surface area contributed by atoms with Crippen LogP contribution in [0.1, 0.15) is 5.56 Å². The summed E-state index contributed by atoms with van der Waals surface area (Å²) >= 11 is 2.58. The number of carbonyl (C=O) groups excluding carboxylic acids is 4. The molecule has 2 rings (SSSR count). The van der Waals surface area contributed by atoms with E-state index in [1.165, 1.54) is 28.7 Å². The van der Waals surface area contributed by atoms with E-state index in [4.69, 9.17) is 0 Å². The number of imide groups is 1. The maximum absolute atomic E-state index is 12.3. The predicted octanol–water partition coefficient (Wildman–Crippen LogP) is 1.09. The number of nitrogens with one attached hydrogen (secondary N) is 3. The molecule has 0 spiro atoms. The summed E-state index contributed by atoms with van der Waals surface area (Å²) in [6, 6.07) is 8.55. The molecule has 0 unspecified atom stereocenters. The number of hydrogen-bond acceptors (Lipinski definition) is 5. The van der Waals surface area contributed by atoms with Gasteiger partial charge in [0, 0.05) is 41.0 Å². The molecule has 1 aromatic rings. The van der Waals surface area contributed by atoms with E-state index < -0.39 is 17.9 Å². The standard InChI is InChI=1S/C15H14IN3O4S/c16-15(23)18-10(8-24-11-6-12(20)19-14(11)22)13(21)17-7-9-4-2-1-3-5-9/h1-6,10H,7-8H2,(H,17,21)(H,18,23)(H,19,20,22)/t10-/m0/s1. The zero-order chi connectivity index (χ0) is 17.5. The first-order valence-corrected chi connectivity index (χ1v) is 8.99. The summed E-state index contributed by atoms with van der Waals surface area (Å²) in [6.45, 7) is 0.333. The van der Waals surface area contributed by atoms with Crippen LogP contribution in [-0.4, -0.2) is 33.4 Å². The van der Waals surface area contributed by atoms with E-state index in [0.717, 1.165) is 17.3 Å². The minimum Gasteiger partial charge on any atom is -0.350 e. The van der Waals surface area contributed by atoms with Crippen molar-refractivity contribution in [2.24, 2.45) is 0 Å². The number of carbonyl (C=O) groups is 4. The topological polar surface area (TPSA) is 104 Å². The SMILES string of the molecule is O=C(I)N[C@@H](CSC1=CC(=O)NC1=O)C(=O)NCc1ccccc1. The summed E-state index contributed by atoms with van der Waals surface area (Å²) in [5.41, 5.74) is 0.932. The molecule has 1 aromatic carbocycles. The van der Waals surface area contributed by atoms with Crippen LogP contribution in [0.4, 0.5) is 4.79 Å². The molecule has 0 bridgehead atoms. The van der Waals surface area contributed by atoms with Gasteiger partial charge >= 0.3 is 0 Å². The molecule has 0 aromatic heterocycles. The molecular weight excluding hydrogens is 445 g/mol. The number of amides is 4. The summed E-state index contributed by atoms with van der Waals surface area (Å²) in [5, 5.41) is 7.41. The van der Waals surface area contributed by atoms with Gasteiger partial charge < -0.3 is 10.6 Å². The van der Waals surface area contributed by atoms with E-state index in [2.05, 4.69) is 16.0 Å². The number of hydrogen-bond donors (Lipinski definition) is 3. The van der Waals surface area contributed by atoms with Gasteiger partial charge in [-0.15, -0.1) is 11.8 Å². The quantitative estimate of drug-likeness (QED) is 0.245. The summed E-state index contributed by atoms with van der Waals surface area (Å²) < 4.78 is -0.381. The Bertz CT molecular complexity index is 693. The number of thioether (sulfide) groups is 1. The van der Waals surface area contributed by atoms with E-state index in [-0.39, 0.29) is 20.5 Å². The molecule has 9 heteroatoms. The Morgan fingerprint density at radius 1 is 1.21 bits per heavy atom. The van der Waals surface area contributed by atoms with E-state index in [1.54, 1.807) is 0 Å². The van der Waals surface area contributed by atoms with Crippen molar-refractivity contribution in [1.82, 2.24) is 16.0 Å². The van der Waals surface area contributed by atoms with E-state index >= 15 is 0 Å². The average molecular weight is 459 g/mol. The predicted molar refractivity (Wildman–Crippen MR) is 98.3 cm³/mol. The molecule has 1 atom stereocenters. The van der Waals surface area contributed by atoms with Crippen LogP contribution in [0.15, 0.2) is 41.3 Å². The van der Waals surface area contributed by atoms with Crippen molar-refractivity contribution in [2.45, 2.75) is 12.6 Å². The second kappa shape index (κ2) is 8.83. The first-order chi connectivity index (χ1) is 11.5. The fourth-order valence-electron chi connectivity index (χ4n) is 1.90. The fourth-order valence-corrected chi connectivity index (χ4v) is 3.23. The smallest absolute Gasteiger partial charge is 0.281 e. The van der Waals surface area contributed by atoms with E-state index in [1.807, 2.05) is 30.3 Å².